The number of aryl methyl sites for hydroxylation is 2. The number of carbonyl (C=O) groups excluding carboxylic acids is 1. The number of ether oxygens (including phenoxy) is 3. The molecular formula is C27H30N2O4. The first-order valence-corrected chi connectivity index (χ1v) is 11.1. The fourth-order valence-corrected chi connectivity index (χ4v) is 4.16. The Morgan fingerprint density at radius 1 is 1.12 bits per heavy atom. The van der Waals surface area contributed by atoms with E-state index in [0.717, 1.165) is 28.0 Å². The smallest absolute Gasteiger partial charge is 0.307 e. The Labute approximate surface area is 195 Å². The third-order valence-corrected chi connectivity index (χ3v) is 6.13. The van der Waals surface area contributed by atoms with Crippen LogP contribution in [0.1, 0.15) is 46.4 Å². The van der Waals surface area contributed by atoms with E-state index in [0.29, 0.717) is 6.54 Å². The molecule has 1 aliphatic heterocycles. The van der Waals surface area contributed by atoms with E-state index in [2.05, 4.69) is 48.0 Å². The third kappa shape index (κ3) is 5.41. The van der Waals surface area contributed by atoms with Crippen LogP contribution in [0.5, 0.6) is 5.75 Å². The van der Waals surface area contributed by atoms with Crippen LogP contribution in [0.25, 0.3) is 0 Å². The van der Waals surface area contributed by atoms with Crippen LogP contribution in [0.3, 0.4) is 0 Å². The maximum atomic E-state index is 12.5. The van der Waals surface area contributed by atoms with Gasteiger partial charge < -0.3 is 14.2 Å². The quantitative estimate of drug-likeness (QED) is 0.344. The molecule has 1 aromatic heterocycles. The molecule has 2 heterocycles. The highest BCUT2D eigenvalue weighted by Crippen LogP contribution is 2.46. The molecule has 6 nitrogen and oxygen atoms in total. The van der Waals surface area contributed by atoms with Crippen molar-refractivity contribution in [2.45, 2.75) is 45.2 Å². The van der Waals surface area contributed by atoms with E-state index in [9.17, 15) is 4.79 Å². The number of hydrogen-bond acceptors (Lipinski definition) is 6. The van der Waals surface area contributed by atoms with Gasteiger partial charge in [-0.05, 0) is 48.7 Å². The summed E-state index contributed by atoms with van der Waals surface area (Å²) in [7, 11) is 3.06. The number of pyridine rings is 1. The van der Waals surface area contributed by atoms with Crippen molar-refractivity contribution in [3.63, 3.8) is 0 Å². The number of nitrogens with zero attached hydrogens (tertiary/aromatic N) is 2. The fraction of sp³-hybridized carbons (Fsp3) is 0.333. The van der Waals surface area contributed by atoms with Crippen LogP contribution in [0.2, 0.25) is 0 Å². The monoisotopic (exact) mass is 446 g/mol. The van der Waals surface area contributed by atoms with Gasteiger partial charge in [-0.2, -0.15) is 0 Å². The molecule has 6 heteroatoms. The second-order valence-electron chi connectivity index (χ2n) is 8.41. The van der Waals surface area contributed by atoms with Crippen molar-refractivity contribution >= 4 is 5.97 Å². The highest BCUT2D eigenvalue weighted by Gasteiger charge is 2.48. The van der Waals surface area contributed by atoms with Crippen molar-refractivity contribution in [1.29, 1.82) is 0 Å². The van der Waals surface area contributed by atoms with E-state index in [4.69, 9.17) is 14.2 Å². The normalized spacial score (nSPS) is 18.1. The third-order valence-electron chi connectivity index (χ3n) is 6.13. The van der Waals surface area contributed by atoms with E-state index >= 15 is 0 Å². The van der Waals surface area contributed by atoms with Crippen molar-refractivity contribution in [1.82, 2.24) is 9.88 Å². The van der Waals surface area contributed by atoms with Crippen LogP contribution >= 0.6 is 0 Å². The topological polar surface area (TPSA) is 64.2 Å². The summed E-state index contributed by atoms with van der Waals surface area (Å²) in [6.07, 6.45) is 3.57. The molecule has 3 aromatic rings. The summed E-state index contributed by atoms with van der Waals surface area (Å²) in [5.74, 6) is 0.473. The van der Waals surface area contributed by atoms with Crippen LogP contribution < -0.4 is 4.74 Å². The highest BCUT2D eigenvalue weighted by atomic mass is 16.6. The number of benzene rings is 2. The molecule has 3 atom stereocenters. The van der Waals surface area contributed by atoms with Crippen LogP contribution in [0, 0.1) is 13.8 Å². The lowest BCUT2D eigenvalue weighted by molar-refractivity contribution is -0.142. The zero-order chi connectivity index (χ0) is 23.4. The van der Waals surface area contributed by atoms with Gasteiger partial charge in [0.1, 0.15) is 18.1 Å². The van der Waals surface area contributed by atoms with E-state index in [1.165, 1.54) is 12.7 Å². The number of hydrogen-bond donors (Lipinski definition) is 0. The predicted octanol–water partition coefficient (Wildman–Crippen LogP) is 4.91. The molecule has 1 fully saturated rings. The van der Waals surface area contributed by atoms with E-state index in [-0.39, 0.29) is 30.8 Å². The van der Waals surface area contributed by atoms with Gasteiger partial charge in [-0.3, -0.25) is 14.7 Å². The maximum Gasteiger partial charge on any atom is 0.307 e. The molecule has 0 radical (unpaired) electrons. The van der Waals surface area contributed by atoms with Gasteiger partial charge in [0, 0.05) is 30.5 Å². The van der Waals surface area contributed by atoms with Gasteiger partial charge in [0.25, 0.3) is 0 Å². The van der Waals surface area contributed by atoms with Crippen molar-refractivity contribution in [3.8, 4) is 5.75 Å². The Hall–Kier alpha value is -3.22. The molecule has 0 saturated carbocycles. The standard InChI is InChI=1S/C27H30N2O4/c1-18-8-10-20(11-9-18)17-29(27-26(33-27)23-16-28-13-12-19(23)2)24(15-25(30)32-4)21-6-5-7-22(14-21)31-3/h5-14,16,24,26-27H,15,17H2,1-4H3. The lowest BCUT2D eigenvalue weighted by atomic mass is 9.99. The number of carbonyl (C=O) groups is 1. The molecule has 0 amide bonds. The van der Waals surface area contributed by atoms with E-state index in [1.807, 2.05) is 36.5 Å². The lowest BCUT2D eigenvalue weighted by Gasteiger charge is -2.31. The molecule has 0 N–H and O–H groups in total. The van der Waals surface area contributed by atoms with Crippen LogP contribution in [0.4, 0.5) is 0 Å². The number of epoxide rings is 1. The molecule has 0 aliphatic carbocycles. The summed E-state index contributed by atoms with van der Waals surface area (Å²) < 4.78 is 16.7. The van der Waals surface area contributed by atoms with Gasteiger partial charge in [0.05, 0.1) is 20.6 Å². The first-order valence-electron chi connectivity index (χ1n) is 11.1. The van der Waals surface area contributed by atoms with Crippen LogP contribution in [0.15, 0.2) is 67.0 Å². The summed E-state index contributed by atoms with van der Waals surface area (Å²) in [5, 5.41) is 0. The second kappa shape index (κ2) is 10.1. The molecule has 0 spiro atoms. The number of esters is 1. The Morgan fingerprint density at radius 2 is 1.91 bits per heavy atom. The lowest BCUT2D eigenvalue weighted by Crippen LogP contribution is -2.33. The molecule has 0 bridgehead atoms. The van der Waals surface area contributed by atoms with Crippen molar-refractivity contribution in [2.75, 3.05) is 14.2 Å². The minimum atomic E-state index is -0.272. The molecular weight excluding hydrogens is 416 g/mol. The van der Waals surface area contributed by atoms with Crippen molar-refractivity contribution in [2.24, 2.45) is 0 Å². The summed E-state index contributed by atoms with van der Waals surface area (Å²) in [6.45, 7) is 4.76. The Balaban J connectivity index is 1.72. The van der Waals surface area contributed by atoms with Gasteiger partial charge in [0.15, 0.2) is 0 Å². The highest BCUT2D eigenvalue weighted by molar-refractivity contribution is 5.70. The average Bonchev–Trinajstić information content (AvgIpc) is 3.63. The van der Waals surface area contributed by atoms with E-state index < -0.39 is 0 Å². The molecule has 1 saturated heterocycles. The first kappa shape index (κ1) is 23.0. The van der Waals surface area contributed by atoms with Gasteiger partial charge in [0.2, 0.25) is 0 Å². The van der Waals surface area contributed by atoms with Crippen molar-refractivity contribution in [3.05, 3.63) is 94.8 Å². The Bertz CT molecular complexity index is 1100. The minimum Gasteiger partial charge on any atom is -0.497 e. The predicted molar refractivity (Wildman–Crippen MR) is 126 cm³/mol. The van der Waals surface area contributed by atoms with Gasteiger partial charge in [-0.1, -0.05) is 42.0 Å². The maximum absolute atomic E-state index is 12.5. The van der Waals surface area contributed by atoms with Crippen LogP contribution in [-0.2, 0) is 20.8 Å². The molecule has 172 valence electrons. The average molecular weight is 447 g/mol. The molecule has 4 rings (SSSR count). The van der Waals surface area contributed by atoms with Gasteiger partial charge in [-0.15, -0.1) is 0 Å². The Kier molecular flexibility index (Phi) is 7.06. The number of rotatable bonds is 9. The van der Waals surface area contributed by atoms with Crippen molar-refractivity contribution < 1.29 is 19.0 Å². The zero-order valence-electron chi connectivity index (χ0n) is 19.5. The first-order chi connectivity index (χ1) is 16.0. The molecule has 33 heavy (non-hydrogen) atoms. The largest absolute Gasteiger partial charge is 0.497 e. The second-order valence-corrected chi connectivity index (χ2v) is 8.41. The number of methoxy groups -OCH3 is 2. The zero-order valence-corrected chi connectivity index (χ0v) is 19.5. The SMILES string of the molecule is COC(=O)CC(c1cccc(OC)c1)N(Cc1ccc(C)cc1)C1OC1c1cnccc1C. The Morgan fingerprint density at radius 3 is 2.61 bits per heavy atom. The molecule has 1 aliphatic rings. The summed E-state index contributed by atoms with van der Waals surface area (Å²) in [5.41, 5.74) is 5.54. The number of aromatic nitrogens is 1. The summed E-state index contributed by atoms with van der Waals surface area (Å²) in [6, 6.07) is 18.0. The minimum absolute atomic E-state index is 0.102. The molecule has 2 aromatic carbocycles. The summed E-state index contributed by atoms with van der Waals surface area (Å²) in [4.78, 5) is 19.0. The van der Waals surface area contributed by atoms with E-state index in [1.54, 1.807) is 13.3 Å². The van der Waals surface area contributed by atoms with Gasteiger partial charge in [-0.25, -0.2) is 0 Å². The fourth-order valence-electron chi connectivity index (χ4n) is 4.16. The van der Waals surface area contributed by atoms with Crippen LogP contribution in [-0.4, -0.2) is 36.3 Å². The molecule has 3 unspecified atom stereocenters. The van der Waals surface area contributed by atoms with Gasteiger partial charge >= 0.3 is 5.97 Å². The summed E-state index contributed by atoms with van der Waals surface area (Å²) >= 11 is 0.